The number of methoxy groups -OCH3 is 1. The largest absolute Gasteiger partial charge is 0.493 e. The number of imidazole rings is 1. The lowest BCUT2D eigenvalue weighted by Crippen LogP contribution is -2.40. The van der Waals surface area contributed by atoms with Crippen LogP contribution in [-0.4, -0.2) is 46.7 Å². The number of ether oxygens (including phenoxy) is 2. The molecule has 2 aromatic carbocycles. The smallest absolute Gasteiger partial charge is 0.326 e. The van der Waals surface area contributed by atoms with Crippen molar-refractivity contribution < 1.29 is 14.3 Å². The van der Waals surface area contributed by atoms with Crippen LogP contribution in [0.25, 0.3) is 11.0 Å². The van der Waals surface area contributed by atoms with E-state index >= 15 is 0 Å². The zero-order valence-electron chi connectivity index (χ0n) is 18.4. The maximum atomic E-state index is 13.2. The summed E-state index contributed by atoms with van der Waals surface area (Å²) in [7, 11) is 1.61. The van der Waals surface area contributed by atoms with Crippen molar-refractivity contribution in [1.29, 1.82) is 0 Å². The number of carbonyl (C=O) groups is 1. The first-order valence-electron chi connectivity index (χ1n) is 11.5. The van der Waals surface area contributed by atoms with Gasteiger partial charge >= 0.3 is 5.69 Å². The van der Waals surface area contributed by atoms with Crippen LogP contribution in [0.15, 0.2) is 47.3 Å². The fraction of sp³-hybridized carbons (Fsp3) is 0.440. The number of nitrogens with zero attached hydrogens (tertiary/aromatic N) is 2. The van der Waals surface area contributed by atoms with Crippen LogP contribution in [0.5, 0.6) is 11.5 Å². The lowest BCUT2D eigenvalue weighted by molar-refractivity contribution is 0.0694. The second kappa shape index (κ2) is 8.73. The Morgan fingerprint density at radius 1 is 1.00 bits per heavy atom. The summed E-state index contributed by atoms with van der Waals surface area (Å²) in [5.41, 5.74) is 2.29. The molecule has 2 fully saturated rings. The van der Waals surface area contributed by atoms with Gasteiger partial charge in [-0.15, -0.1) is 0 Å². The van der Waals surface area contributed by atoms with E-state index in [1.54, 1.807) is 13.2 Å². The van der Waals surface area contributed by atoms with Crippen LogP contribution < -0.4 is 15.2 Å². The zero-order chi connectivity index (χ0) is 22.1. The fourth-order valence-corrected chi connectivity index (χ4v) is 5.03. The average Bonchev–Trinajstić information content (AvgIpc) is 3.45. The first-order chi connectivity index (χ1) is 15.6. The molecule has 168 valence electrons. The number of benzene rings is 2. The number of aromatic nitrogens is 2. The maximum absolute atomic E-state index is 13.2. The van der Waals surface area contributed by atoms with Crippen LogP contribution in [0.4, 0.5) is 0 Å². The quantitative estimate of drug-likeness (QED) is 0.654. The summed E-state index contributed by atoms with van der Waals surface area (Å²) in [5.74, 6) is 1.29. The SMILES string of the molecule is COc1cc(C(=O)N2CCC(n3c(=O)[nH]c4ccccc43)CC2)ccc1OC1CCCC1. The molecule has 1 aliphatic carbocycles. The minimum atomic E-state index is -0.0847. The second-order valence-corrected chi connectivity index (χ2v) is 8.73. The Kier molecular flexibility index (Phi) is 5.64. The van der Waals surface area contributed by atoms with E-state index in [1.807, 2.05) is 45.9 Å². The van der Waals surface area contributed by atoms with E-state index in [0.29, 0.717) is 30.2 Å². The molecule has 2 heterocycles. The molecule has 0 spiro atoms. The van der Waals surface area contributed by atoms with Crippen molar-refractivity contribution in [2.75, 3.05) is 20.2 Å². The molecule has 1 aromatic heterocycles. The highest BCUT2D eigenvalue weighted by molar-refractivity contribution is 5.95. The third-order valence-electron chi connectivity index (χ3n) is 6.75. The van der Waals surface area contributed by atoms with E-state index in [2.05, 4.69) is 4.98 Å². The van der Waals surface area contributed by atoms with Gasteiger partial charge in [0.25, 0.3) is 5.91 Å². The summed E-state index contributed by atoms with van der Waals surface area (Å²) in [6.07, 6.45) is 6.25. The van der Waals surface area contributed by atoms with E-state index in [0.717, 1.165) is 36.7 Å². The Hall–Kier alpha value is -3.22. The van der Waals surface area contributed by atoms with E-state index in [-0.39, 0.29) is 23.7 Å². The molecular formula is C25H29N3O4. The molecule has 7 nitrogen and oxygen atoms in total. The number of likely N-dealkylation sites (tertiary alicyclic amines) is 1. The van der Waals surface area contributed by atoms with Crippen molar-refractivity contribution >= 4 is 16.9 Å². The molecule has 1 amide bonds. The lowest BCUT2D eigenvalue weighted by atomic mass is 10.0. The van der Waals surface area contributed by atoms with Gasteiger partial charge in [0.2, 0.25) is 0 Å². The van der Waals surface area contributed by atoms with E-state index < -0.39 is 0 Å². The lowest BCUT2D eigenvalue weighted by Gasteiger charge is -2.32. The highest BCUT2D eigenvalue weighted by Crippen LogP contribution is 2.33. The van der Waals surface area contributed by atoms with Gasteiger partial charge in [0.1, 0.15) is 0 Å². The summed E-state index contributed by atoms with van der Waals surface area (Å²) in [4.78, 5) is 30.4. The molecule has 0 radical (unpaired) electrons. The van der Waals surface area contributed by atoms with Gasteiger partial charge in [-0.05, 0) is 68.9 Å². The Morgan fingerprint density at radius 2 is 1.75 bits per heavy atom. The highest BCUT2D eigenvalue weighted by atomic mass is 16.5. The van der Waals surface area contributed by atoms with Crippen LogP contribution in [0, 0.1) is 0 Å². The van der Waals surface area contributed by atoms with Crippen molar-refractivity contribution in [3.05, 3.63) is 58.5 Å². The number of para-hydroxylation sites is 2. The summed E-state index contributed by atoms with van der Waals surface area (Å²) < 4.78 is 13.5. The monoisotopic (exact) mass is 435 g/mol. The van der Waals surface area contributed by atoms with Crippen molar-refractivity contribution in [3.8, 4) is 11.5 Å². The molecule has 5 rings (SSSR count). The van der Waals surface area contributed by atoms with Gasteiger partial charge in [0.15, 0.2) is 11.5 Å². The van der Waals surface area contributed by atoms with E-state index in [1.165, 1.54) is 12.8 Å². The van der Waals surface area contributed by atoms with Gasteiger partial charge in [-0.2, -0.15) is 0 Å². The molecule has 1 saturated heterocycles. The molecule has 32 heavy (non-hydrogen) atoms. The van der Waals surface area contributed by atoms with Crippen molar-refractivity contribution in [2.24, 2.45) is 0 Å². The predicted octanol–water partition coefficient (Wildman–Crippen LogP) is 4.14. The maximum Gasteiger partial charge on any atom is 0.326 e. The van der Waals surface area contributed by atoms with Crippen LogP contribution in [-0.2, 0) is 0 Å². The van der Waals surface area contributed by atoms with Crippen LogP contribution in [0.1, 0.15) is 54.9 Å². The normalized spacial score (nSPS) is 17.7. The molecule has 0 bridgehead atoms. The molecule has 0 atom stereocenters. The number of hydrogen-bond acceptors (Lipinski definition) is 4. The van der Waals surface area contributed by atoms with E-state index in [4.69, 9.17) is 9.47 Å². The first kappa shape index (κ1) is 20.7. The number of aromatic amines is 1. The number of piperidine rings is 1. The molecule has 0 unspecified atom stereocenters. The van der Waals surface area contributed by atoms with Gasteiger partial charge in [-0.25, -0.2) is 4.79 Å². The number of amides is 1. The predicted molar refractivity (Wildman–Crippen MR) is 123 cm³/mol. The number of carbonyl (C=O) groups excluding carboxylic acids is 1. The topological polar surface area (TPSA) is 76.6 Å². The number of H-pyrrole nitrogens is 1. The van der Waals surface area contributed by atoms with E-state index in [9.17, 15) is 9.59 Å². The van der Waals surface area contributed by atoms with Crippen molar-refractivity contribution in [3.63, 3.8) is 0 Å². The third-order valence-corrected chi connectivity index (χ3v) is 6.75. The summed E-state index contributed by atoms with van der Waals surface area (Å²) >= 11 is 0. The Labute approximate surface area is 186 Å². The molecule has 2 aliphatic rings. The molecule has 1 aliphatic heterocycles. The summed E-state index contributed by atoms with van der Waals surface area (Å²) in [6.45, 7) is 1.22. The van der Waals surface area contributed by atoms with Crippen LogP contribution in [0.2, 0.25) is 0 Å². The Balaban J connectivity index is 1.28. The van der Waals surface area contributed by atoms with Gasteiger partial charge in [-0.3, -0.25) is 9.36 Å². The average molecular weight is 436 g/mol. The molecule has 1 N–H and O–H groups in total. The zero-order valence-corrected chi connectivity index (χ0v) is 18.4. The van der Waals surface area contributed by atoms with Crippen molar-refractivity contribution in [2.45, 2.75) is 50.7 Å². The number of nitrogens with one attached hydrogen (secondary N) is 1. The number of fused-ring (bicyclic) bond motifs is 1. The molecule has 7 heteroatoms. The Bertz CT molecular complexity index is 1170. The molecule has 1 saturated carbocycles. The van der Waals surface area contributed by atoms with Gasteiger partial charge in [0.05, 0.1) is 24.2 Å². The Morgan fingerprint density at radius 3 is 2.50 bits per heavy atom. The highest BCUT2D eigenvalue weighted by Gasteiger charge is 2.27. The summed E-state index contributed by atoms with van der Waals surface area (Å²) in [5, 5.41) is 0. The fourth-order valence-electron chi connectivity index (χ4n) is 5.03. The minimum Gasteiger partial charge on any atom is -0.493 e. The minimum absolute atomic E-state index is 0.0135. The van der Waals surface area contributed by atoms with Crippen LogP contribution >= 0.6 is 0 Å². The second-order valence-electron chi connectivity index (χ2n) is 8.73. The van der Waals surface area contributed by atoms with Crippen LogP contribution in [0.3, 0.4) is 0 Å². The number of hydrogen-bond donors (Lipinski definition) is 1. The third kappa shape index (κ3) is 3.87. The van der Waals surface area contributed by atoms with Gasteiger partial charge in [0, 0.05) is 24.7 Å². The summed E-state index contributed by atoms with van der Waals surface area (Å²) in [6, 6.07) is 13.3. The first-order valence-corrected chi connectivity index (χ1v) is 11.5. The number of rotatable bonds is 5. The molecule has 3 aromatic rings. The van der Waals surface area contributed by atoms with Crippen molar-refractivity contribution in [1.82, 2.24) is 14.5 Å². The van der Waals surface area contributed by atoms with Gasteiger partial charge in [-0.1, -0.05) is 12.1 Å². The molecular weight excluding hydrogens is 406 g/mol. The standard InChI is InChI=1S/C25H29N3O4/c1-31-23-16-17(10-11-22(23)32-19-6-2-3-7-19)24(29)27-14-12-18(13-15-27)28-21-9-5-4-8-20(21)26-25(28)30/h4-5,8-11,16,18-19H,2-3,6-7,12-15H2,1H3,(H,26,30). The van der Waals surface area contributed by atoms with Gasteiger partial charge < -0.3 is 19.4 Å².